The average Bonchev–Trinajstić information content (AvgIpc) is 2.83. The smallest absolute Gasteiger partial charge is 0.148 e. The molecule has 2 N–H and O–H groups in total. The van der Waals surface area contributed by atoms with Crippen LogP contribution in [-0.2, 0) is 0 Å². The van der Waals surface area contributed by atoms with Gasteiger partial charge >= 0.3 is 0 Å². The molecule has 2 unspecified atom stereocenters. The van der Waals surface area contributed by atoms with Crippen molar-refractivity contribution in [3.63, 3.8) is 0 Å². The Kier molecular flexibility index (Phi) is 5.49. The Hall–Kier alpha value is -0.550. The van der Waals surface area contributed by atoms with E-state index in [1.54, 1.807) is 11.3 Å². The van der Waals surface area contributed by atoms with Crippen LogP contribution in [0.2, 0.25) is 5.02 Å². The van der Waals surface area contributed by atoms with Crippen LogP contribution < -0.4 is 10.5 Å². The summed E-state index contributed by atoms with van der Waals surface area (Å²) in [5, 5.41) is 2.65. The van der Waals surface area contributed by atoms with E-state index in [0.29, 0.717) is 10.8 Å². The van der Waals surface area contributed by atoms with Crippen LogP contribution in [0.3, 0.4) is 0 Å². The number of ether oxygens (including phenoxy) is 1. The molecule has 2 atom stereocenters. The quantitative estimate of drug-likeness (QED) is 0.767. The summed E-state index contributed by atoms with van der Waals surface area (Å²) in [4.78, 5) is 1.10. The van der Waals surface area contributed by atoms with Crippen molar-refractivity contribution >= 4 is 38.9 Å². The zero-order valence-corrected chi connectivity index (χ0v) is 14.6. The third-order valence-electron chi connectivity index (χ3n) is 3.07. The summed E-state index contributed by atoms with van der Waals surface area (Å²) in [5.74, 6) is 0.677. The van der Waals surface area contributed by atoms with Crippen molar-refractivity contribution in [2.75, 3.05) is 0 Å². The van der Waals surface area contributed by atoms with E-state index in [0.717, 1.165) is 21.3 Å². The van der Waals surface area contributed by atoms with Crippen LogP contribution in [0, 0.1) is 6.92 Å². The van der Waals surface area contributed by atoms with E-state index in [2.05, 4.69) is 22.9 Å². The fraction of sp³-hybridized carbons (Fsp3) is 0.333. The standard InChI is InChI=1S/C15H17BrClNOS/c1-3-12(18)15(14-7-10(16)8-20-14)19-13-5-4-9(2)6-11(13)17/h4-8,12,15H,3,18H2,1-2H3. The van der Waals surface area contributed by atoms with Gasteiger partial charge in [-0.15, -0.1) is 11.3 Å². The lowest BCUT2D eigenvalue weighted by molar-refractivity contribution is 0.174. The van der Waals surface area contributed by atoms with Gasteiger partial charge in [-0.2, -0.15) is 0 Å². The molecule has 2 rings (SSSR count). The molecule has 108 valence electrons. The van der Waals surface area contributed by atoms with Crippen LogP contribution in [0.25, 0.3) is 0 Å². The van der Waals surface area contributed by atoms with Gasteiger partial charge < -0.3 is 10.5 Å². The highest BCUT2D eigenvalue weighted by molar-refractivity contribution is 9.10. The molecule has 0 amide bonds. The van der Waals surface area contributed by atoms with Gasteiger partial charge in [-0.1, -0.05) is 24.6 Å². The maximum absolute atomic E-state index is 6.24. The molecule has 2 aromatic rings. The third kappa shape index (κ3) is 3.76. The number of hydrogen-bond acceptors (Lipinski definition) is 3. The lowest BCUT2D eigenvalue weighted by Gasteiger charge is -2.24. The fourth-order valence-electron chi connectivity index (χ4n) is 1.89. The molecule has 0 aliphatic rings. The number of rotatable bonds is 5. The van der Waals surface area contributed by atoms with E-state index in [-0.39, 0.29) is 12.1 Å². The number of benzene rings is 1. The molecule has 20 heavy (non-hydrogen) atoms. The van der Waals surface area contributed by atoms with E-state index in [1.165, 1.54) is 0 Å². The van der Waals surface area contributed by atoms with Crippen molar-refractivity contribution in [1.82, 2.24) is 0 Å². The zero-order chi connectivity index (χ0) is 14.7. The maximum Gasteiger partial charge on any atom is 0.148 e. The molecule has 1 aromatic carbocycles. The first-order valence-electron chi connectivity index (χ1n) is 6.43. The Balaban J connectivity index is 2.28. The zero-order valence-electron chi connectivity index (χ0n) is 11.4. The SMILES string of the molecule is CCC(N)C(Oc1ccc(C)cc1Cl)c1cc(Br)cs1. The van der Waals surface area contributed by atoms with Gasteiger partial charge in [0.15, 0.2) is 0 Å². The molecule has 1 aromatic heterocycles. The van der Waals surface area contributed by atoms with Crippen LogP contribution in [0.15, 0.2) is 34.1 Å². The second-order valence-corrected chi connectivity index (χ2v) is 6.98. The van der Waals surface area contributed by atoms with Gasteiger partial charge in [0.05, 0.1) is 5.02 Å². The summed E-state index contributed by atoms with van der Waals surface area (Å²) in [6.07, 6.45) is 0.653. The summed E-state index contributed by atoms with van der Waals surface area (Å²) >= 11 is 11.3. The van der Waals surface area contributed by atoms with E-state index in [9.17, 15) is 0 Å². The van der Waals surface area contributed by atoms with E-state index < -0.39 is 0 Å². The molecule has 0 aliphatic carbocycles. The Morgan fingerprint density at radius 1 is 1.40 bits per heavy atom. The maximum atomic E-state index is 6.24. The highest BCUT2D eigenvalue weighted by atomic mass is 79.9. The Bertz CT molecular complexity index is 587. The van der Waals surface area contributed by atoms with Crippen LogP contribution in [-0.4, -0.2) is 6.04 Å². The van der Waals surface area contributed by atoms with Gasteiger partial charge in [0.25, 0.3) is 0 Å². The second-order valence-electron chi connectivity index (χ2n) is 4.71. The predicted octanol–water partition coefficient (Wildman–Crippen LogP) is 5.33. The molecular weight excluding hydrogens is 358 g/mol. The van der Waals surface area contributed by atoms with Crippen molar-refractivity contribution in [3.8, 4) is 5.75 Å². The van der Waals surface area contributed by atoms with Gasteiger partial charge in [0.1, 0.15) is 11.9 Å². The normalized spacial score (nSPS) is 14.1. The molecule has 0 saturated heterocycles. The summed E-state index contributed by atoms with van der Waals surface area (Å²) in [6, 6.07) is 7.76. The van der Waals surface area contributed by atoms with Gasteiger partial charge in [-0.25, -0.2) is 0 Å². The van der Waals surface area contributed by atoms with Gasteiger partial charge in [0.2, 0.25) is 0 Å². The van der Waals surface area contributed by atoms with Crippen molar-refractivity contribution in [3.05, 3.63) is 49.6 Å². The Morgan fingerprint density at radius 2 is 2.15 bits per heavy atom. The Morgan fingerprint density at radius 3 is 2.70 bits per heavy atom. The lowest BCUT2D eigenvalue weighted by Crippen LogP contribution is -2.31. The van der Waals surface area contributed by atoms with E-state index in [1.807, 2.05) is 36.6 Å². The summed E-state index contributed by atoms with van der Waals surface area (Å²) in [6.45, 7) is 4.06. The number of thiophene rings is 1. The van der Waals surface area contributed by atoms with Crippen LogP contribution in [0.4, 0.5) is 0 Å². The minimum absolute atomic E-state index is 0.0714. The molecule has 1 heterocycles. The van der Waals surface area contributed by atoms with Crippen LogP contribution >= 0.6 is 38.9 Å². The first-order chi connectivity index (χ1) is 9.51. The van der Waals surface area contributed by atoms with Crippen LogP contribution in [0.1, 0.15) is 29.9 Å². The average molecular weight is 375 g/mol. The van der Waals surface area contributed by atoms with Crippen LogP contribution in [0.5, 0.6) is 5.75 Å². The number of hydrogen-bond donors (Lipinski definition) is 1. The highest BCUT2D eigenvalue weighted by Crippen LogP contribution is 2.35. The summed E-state index contributed by atoms with van der Waals surface area (Å²) in [5.41, 5.74) is 7.32. The monoisotopic (exact) mass is 373 g/mol. The van der Waals surface area contributed by atoms with E-state index >= 15 is 0 Å². The molecular formula is C15H17BrClNOS. The van der Waals surface area contributed by atoms with Crippen molar-refractivity contribution in [1.29, 1.82) is 0 Å². The predicted molar refractivity (Wildman–Crippen MR) is 89.8 cm³/mol. The first kappa shape index (κ1) is 15.8. The fourth-order valence-corrected chi connectivity index (χ4v) is 3.71. The molecule has 0 aliphatic heterocycles. The number of halogens is 2. The number of nitrogens with two attached hydrogens (primary N) is 1. The molecule has 0 bridgehead atoms. The van der Waals surface area contributed by atoms with E-state index in [4.69, 9.17) is 22.1 Å². The minimum Gasteiger partial charge on any atom is -0.482 e. The van der Waals surface area contributed by atoms with Crippen molar-refractivity contribution < 1.29 is 4.74 Å². The lowest BCUT2D eigenvalue weighted by atomic mass is 10.1. The van der Waals surface area contributed by atoms with Gasteiger partial charge in [-0.05, 0) is 53.0 Å². The molecule has 0 spiro atoms. The van der Waals surface area contributed by atoms with Gasteiger partial charge in [0, 0.05) is 20.8 Å². The summed E-state index contributed by atoms with van der Waals surface area (Å²) in [7, 11) is 0. The number of aryl methyl sites for hydroxylation is 1. The first-order valence-corrected chi connectivity index (χ1v) is 8.48. The molecule has 0 saturated carbocycles. The second kappa shape index (κ2) is 6.94. The summed E-state index contributed by atoms with van der Waals surface area (Å²) < 4.78 is 7.13. The topological polar surface area (TPSA) is 35.2 Å². The molecule has 5 heteroatoms. The minimum atomic E-state index is -0.184. The highest BCUT2D eigenvalue weighted by Gasteiger charge is 2.23. The third-order valence-corrected chi connectivity index (χ3v) is 5.12. The van der Waals surface area contributed by atoms with Gasteiger partial charge in [-0.3, -0.25) is 0 Å². The largest absolute Gasteiger partial charge is 0.482 e. The van der Waals surface area contributed by atoms with Crippen molar-refractivity contribution in [2.45, 2.75) is 32.4 Å². The molecule has 2 nitrogen and oxygen atoms in total. The molecule has 0 fully saturated rings. The van der Waals surface area contributed by atoms with Crippen molar-refractivity contribution in [2.24, 2.45) is 5.73 Å². The Labute approximate surface area is 137 Å². The molecule has 0 radical (unpaired) electrons.